The van der Waals surface area contributed by atoms with E-state index in [0.717, 1.165) is 0 Å². The summed E-state index contributed by atoms with van der Waals surface area (Å²) in [7, 11) is 0.227. The molecule has 0 saturated carbocycles. The van der Waals surface area contributed by atoms with E-state index in [0.29, 0.717) is 0 Å². The molecule has 2 heteroatoms. The zero-order valence-corrected chi connectivity index (χ0v) is 5.87. The Morgan fingerprint density at radius 2 is 2.62 bits per heavy atom. The Bertz CT molecular complexity index is 151. The third-order valence-electron chi connectivity index (χ3n) is 1.69. The summed E-state index contributed by atoms with van der Waals surface area (Å²) in [4.78, 5) is 0. The van der Waals surface area contributed by atoms with Gasteiger partial charge in [-0.05, 0) is 20.2 Å². The maximum atomic E-state index is 5.22. The maximum absolute atomic E-state index is 5.22. The largest absolute Gasteiger partial charge is 0.454 e. The van der Waals surface area contributed by atoms with Crippen molar-refractivity contribution in [2.75, 3.05) is 12.3 Å². The van der Waals surface area contributed by atoms with Gasteiger partial charge in [-0.1, -0.05) is 6.92 Å². The molecule has 0 N–H and O–H groups in total. The Kier molecular flexibility index (Phi) is 0.888. The molecule has 2 heterocycles. The highest BCUT2D eigenvalue weighted by molar-refractivity contribution is 7.62. The van der Waals surface area contributed by atoms with Crippen molar-refractivity contribution < 1.29 is 4.74 Å². The molecule has 1 nitrogen and oxygen atoms in total. The Morgan fingerprint density at radius 1 is 1.75 bits per heavy atom. The molecule has 0 saturated heterocycles. The summed E-state index contributed by atoms with van der Waals surface area (Å²) < 4.78 is 5.22. The van der Waals surface area contributed by atoms with Crippen LogP contribution in [0.4, 0.5) is 0 Å². The van der Waals surface area contributed by atoms with Crippen molar-refractivity contribution in [3.05, 3.63) is 11.3 Å². The van der Waals surface area contributed by atoms with E-state index in [9.17, 15) is 0 Å². The molecule has 0 aromatic heterocycles. The molecule has 0 aromatic carbocycles. The second kappa shape index (κ2) is 1.48. The Balaban J connectivity index is 2.09. The molecule has 0 fully saturated rings. The minimum atomic E-state index is 0.227. The number of hydrogen-bond acceptors (Lipinski definition) is 1. The molecule has 0 amide bonds. The molecule has 1 atom stereocenters. The van der Waals surface area contributed by atoms with Crippen molar-refractivity contribution >= 4 is 7.92 Å². The lowest BCUT2D eigenvalue weighted by Crippen LogP contribution is -1.83. The van der Waals surface area contributed by atoms with E-state index in [1.54, 1.807) is 0 Å². The fourth-order valence-electron chi connectivity index (χ4n) is 1.13. The number of hydrogen-bond donors (Lipinski definition) is 0. The highest BCUT2D eigenvalue weighted by Gasteiger charge is 2.37. The molecule has 0 aromatic rings. The number of ether oxygens (including phenoxy) is 1. The van der Waals surface area contributed by atoms with Gasteiger partial charge in [0, 0.05) is 6.42 Å². The van der Waals surface area contributed by atoms with Crippen LogP contribution in [0.5, 0.6) is 0 Å². The van der Waals surface area contributed by atoms with Gasteiger partial charge in [0.1, 0.15) is 5.76 Å². The first-order valence-electron chi connectivity index (χ1n) is 3.07. The minimum Gasteiger partial charge on any atom is -0.454 e. The lowest BCUT2D eigenvalue weighted by atomic mass is 10.5. The van der Waals surface area contributed by atoms with Crippen LogP contribution in [0.3, 0.4) is 0 Å². The van der Waals surface area contributed by atoms with Gasteiger partial charge in [-0.2, -0.15) is 0 Å². The van der Waals surface area contributed by atoms with Gasteiger partial charge in [-0.15, -0.1) is 0 Å². The predicted octanol–water partition coefficient (Wildman–Crippen LogP) is 2.09. The van der Waals surface area contributed by atoms with E-state index in [1.165, 1.54) is 30.0 Å². The number of rotatable bonds is 1. The average molecular weight is 128 g/mol. The van der Waals surface area contributed by atoms with Crippen molar-refractivity contribution in [2.24, 2.45) is 0 Å². The first-order valence-corrected chi connectivity index (χ1v) is 4.79. The smallest absolute Gasteiger partial charge is 0.163 e. The van der Waals surface area contributed by atoms with Crippen molar-refractivity contribution in [3.8, 4) is 0 Å². The first-order chi connectivity index (χ1) is 3.92. The van der Waals surface area contributed by atoms with E-state index >= 15 is 0 Å². The zero-order chi connectivity index (χ0) is 5.56. The molecule has 0 spiro atoms. The molecule has 0 aliphatic carbocycles. The van der Waals surface area contributed by atoms with Crippen LogP contribution in [-0.4, -0.2) is 12.3 Å². The SMILES string of the molecule is CCP1CCC2=C1O2. The van der Waals surface area contributed by atoms with Gasteiger partial charge in [-0.25, -0.2) is 0 Å². The van der Waals surface area contributed by atoms with Gasteiger partial charge < -0.3 is 4.74 Å². The van der Waals surface area contributed by atoms with Crippen LogP contribution in [0.15, 0.2) is 11.3 Å². The normalized spacial score (nSPS) is 32.4. The monoisotopic (exact) mass is 128 g/mol. The van der Waals surface area contributed by atoms with E-state index < -0.39 is 0 Å². The molecule has 44 valence electrons. The summed E-state index contributed by atoms with van der Waals surface area (Å²) >= 11 is 0. The van der Waals surface area contributed by atoms with E-state index in [4.69, 9.17) is 4.74 Å². The molecule has 8 heavy (non-hydrogen) atoms. The summed E-state index contributed by atoms with van der Waals surface area (Å²) in [5.74, 6) is 1.33. The summed E-state index contributed by atoms with van der Waals surface area (Å²) in [6.07, 6.45) is 3.99. The van der Waals surface area contributed by atoms with Gasteiger partial charge in [-0.3, -0.25) is 0 Å². The van der Waals surface area contributed by atoms with Gasteiger partial charge in [0.2, 0.25) is 0 Å². The molecule has 0 radical (unpaired) electrons. The van der Waals surface area contributed by atoms with Crippen molar-refractivity contribution in [1.82, 2.24) is 0 Å². The highest BCUT2D eigenvalue weighted by atomic mass is 31.1. The fourth-order valence-corrected chi connectivity index (χ4v) is 3.11. The Labute approximate surface area is 50.5 Å². The average Bonchev–Trinajstić information content (AvgIpc) is 2.46. The van der Waals surface area contributed by atoms with Crippen LogP contribution < -0.4 is 0 Å². The van der Waals surface area contributed by atoms with Crippen molar-refractivity contribution in [3.63, 3.8) is 0 Å². The highest BCUT2D eigenvalue weighted by Crippen LogP contribution is 2.62. The van der Waals surface area contributed by atoms with E-state index in [2.05, 4.69) is 6.92 Å². The third kappa shape index (κ3) is 0.512. The van der Waals surface area contributed by atoms with Gasteiger partial charge in [0.05, 0.1) is 0 Å². The van der Waals surface area contributed by atoms with E-state index in [1.807, 2.05) is 0 Å². The van der Waals surface area contributed by atoms with Crippen LogP contribution in [0.1, 0.15) is 13.3 Å². The molecular formula is C6H9OP. The second-order valence-corrected chi connectivity index (χ2v) is 4.73. The van der Waals surface area contributed by atoms with Crippen LogP contribution in [0.2, 0.25) is 0 Å². The maximum Gasteiger partial charge on any atom is 0.163 e. The summed E-state index contributed by atoms with van der Waals surface area (Å²) in [5, 5.41) is 0. The first kappa shape index (κ1) is 4.81. The minimum absolute atomic E-state index is 0.227. The molecule has 1 unspecified atom stereocenters. The summed E-state index contributed by atoms with van der Waals surface area (Å²) in [6, 6.07) is 0. The lowest BCUT2D eigenvalue weighted by Gasteiger charge is -2.05. The Hall–Kier alpha value is -0.0300. The zero-order valence-electron chi connectivity index (χ0n) is 4.98. The lowest BCUT2D eigenvalue weighted by molar-refractivity contribution is 0.471. The quantitative estimate of drug-likeness (QED) is 0.492. The summed E-state index contributed by atoms with van der Waals surface area (Å²) in [6.45, 7) is 2.25. The van der Waals surface area contributed by atoms with Crippen LogP contribution >= 0.6 is 7.92 Å². The molecule has 2 rings (SSSR count). The summed E-state index contributed by atoms with van der Waals surface area (Å²) in [5.41, 5.74) is 1.39. The molecule has 2 aliphatic heterocycles. The van der Waals surface area contributed by atoms with Crippen LogP contribution in [-0.2, 0) is 4.74 Å². The molecular weight excluding hydrogens is 119 g/mol. The van der Waals surface area contributed by atoms with Crippen molar-refractivity contribution in [2.45, 2.75) is 13.3 Å². The van der Waals surface area contributed by atoms with Gasteiger partial charge in [0.25, 0.3) is 0 Å². The Morgan fingerprint density at radius 3 is 2.88 bits per heavy atom. The number of allylic oxidation sites excluding steroid dienone is 1. The second-order valence-electron chi connectivity index (χ2n) is 2.16. The standard InChI is InChI=1S/C6H9OP/c1-2-8-4-3-5-6(8)7-5/h2-4H2,1H3. The molecule has 0 bridgehead atoms. The third-order valence-corrected chi connectivity index (χ3v) is 4.14. The van der Waals surface area contributed by atoms with Crippen LogP contribution in [0.25, 0.3) is 0 Å². The fraction of sp³-hybridized carbons (Fsp3) is 0.667. The molecule has 2 aliphatic rings. The van der Waals surface area contributed by atoms with Crippen LogP contribution in [0, 0.1) is 0 Å². The van der Waals surface area contributed by atoms with Gasteiger partial charge in [0.15, 0.2) is 5.50 Å². The van der Waals surface area contributed by atoms with E-state index in [-0.39, 0.29) is 7.92 Å². The predicted molar refractivity (Wildman–Crippen MR) is 35.1 cm³/mol. The van der Waals surface area contributed by atoms with Gasteiger partial charge >= 0.3 is 0 Å². The topological polar surface area (TPSA) is 12.5 Å². The van der Waals surface area contributed by atoms with Crippen molar-refractivity contribution in [1.29, 1.82) is 0 Å².